The number of methoxy groups -OCH3 is 3. The lowest BCUT2D eigenvalue weighted by molar-refractivity contribution is -0.120. The van der Waals surface area contributed by atoms with Crippen LogP contribution >= 0.6 is 11.3 Å². The van der Waals surface area contributed by atoms with E-state index in [1.165, 1.54) is 23.1 Å². The molecule has 10 nitrogen and oxygen atoms in total. The Morgan fingerprint density at radius 1 is 1.07 bits per heavy atom. The number of carbonyl (C=O) groups is 2. The van der Waals surface area contributed by atoms with Crippen molar-refractivity contribution in [1.29, 1.82) is 0 Å². The van der Waals surface area contributed by atoms with Crippen LogP contribution in [0.1, 0.15) is 67.8 Å². The predicted molar refractivity (Wildman–Crippen MR) is 172 cm³/mol. The van der Waals surface area contributed by atoms with Gasteiger partial charge in [0, 0.05) is 17.4 Å². The fraction of sp³-hybridized carbons (Fsp3) is 0.455. The third-order valence-electron chi connectivity index (χ3n) is 8.55. The Hall–Kier alpha value is -4.12. The average Bonchev–Trinajstić information content (AvgIpc) is 3.52. The molecule has 5 rings (SSSR count). The van der Waals surface area contributed by atoms with Crippen molar-refractivity contribution in [1.82, 2.24) is 10.3 Å². The second-order valence-electron chi connectivity index (χ2n) is 11.3. The summed E-state index contributed by atoms with van der Waals surface area (Å²) in [6.07, 6.45) is 4.91. The third-order valence-corrected chi connectivity index (χ3v) is 9.62. The zero-order valence-corrected chi connectivity index (χ0v) is 26.9. The number of thiazole rings is 1. The van der Waals surface area contributed by atoms with E-state index in [4.69, 9.17) is 14.2 Å². The van der Waals surface area contributed by atoms with Gasteiger partial charge in [-0.15, -0.1) is 11.3 Å². The molecular weight excluding hydrogens is 580 g/mol. The van der Waals surface area contributed by atoms with Gasteiger partial charge in [0.05, 0.1) is 38.8 Å². The van der Waals surface area contributed by atoms with Crippen LogP contribution in [0.25, 0.3) is 11.1 Å². The lowest BCUT2D eigenvalue weighted by atomic mass is 9.95. The van der Waals surface area contributed by atoms with Crippen molar-refractivity contribution in [2.75, 3.05) is 32.0 Å². The summed E-state index contributed by atoms with van der Waals surface area (Å²) in [6.45, 7) is 5.46. The molecule has 2 amide bonds. The van der Waals surface area contributed by atoms with Gasteiger partial charge in [0.1, 0.15) is 6.04 Å². The maximum absolute atomic E-state index is 13.9. The van der Waals surface area contributed by atoms with Gasteiger partial charge in [-0.3, -0.25) is 14.4 Å². The largest absolute Gasteiger partial charge is 0.493 e. The van der Waals surface area contributed by atoms with Crippen molar-refractivity contribution in [3.63, 3.8) is 0 Å². The standard InChI is InChI=1S/C33H40N4O6S/c1-7-17(2)29(32(40)37-33-36-24-9-8-10-27(24)44-33)35-23-14-12-20-21(16-25(23)39)22(34-18(3)38)13-11-19-15-26(41-4)30(42-5)31(43-6)28(19)20/h12,14-17,22,29H,7-11,13H2,1-6H3,(H,34,38)(H,35,39)(H,36,37,40). The summed E-state index contributed by atoms with van der Waals surface area (Å²) in [5.41, 5.74) is 4.14. The molecule has 3 atom stereocenters. The molecule has 1 heterocycles. The second kappa shape index (κ2) is 13.3. The molecule has 11 heteroatoms. The molecule has 3 N–H and O–H groups in total. The van der Waals surface area contributed by atoms with E-state index in [0.29, 0.717) is 40.8 Å². The minimum Gasteiger partial charge on any atom is -0.493 e. The molecule has 0 bridgehead atoms. The highest BCUT2D eigenvalue weighted by molar-refractivity contribution is 7.15. The number of rotatable bonds is 10. The summed E-state index contributed by atoms with van der Waals surface area (Å²) in [6, 6.07) is 5.93. The molecule has 44 heavy (non-hydrogen) atoms. The van der Waals surface area contributed by atoms with Gasteiger partial charge in [-0.1, -0.05) is 26.3 Å². The molecule has 3 unspecified atom stereocenters. The maximum atomic E-state index is 13.9. The normalized spacial score (nSPS) is 16.4. The molecule has 1 aromatic heterocycles. The van der Waals surface area contributed by atoms with Crippen LogP contribution in [0.5, 0.6) is 17.2 Å². The Bertz CT molecular complexity index is 1620. The van der Waals surface area contributed by atoms with E-state index in [1.54, 1.807) is 33.5 Å². The van der Waals surface area contributed by atoms with E-state index in [2.05, 4.69) is 20.9 Å². The molecule has 2 aliphatic rings. The number of nitrogens with one attached hydrogen (secondary N) is 3. The number of fused-ring (bicyclic) bond motifs is 4. The molecule has 234 valence electrons. The Labute approximate surface area is 261 Å². The van der Waals surface area contributed by atoms with E-state index in [1.807, 2.05) is 26.0 Å². The number of ether oxygens (including phenoxy) is 3. The number of aromatic nitrogens is 1. The molecular formula is C33H40N4O6S. The van der Waals surface area contributed by atoms with Crippen LogP contribution in [0.3, 0.4) is 0 Å². The van der Waals surface area contributed by atoms with Crippen LogP contribution in [0.15, 0.2) is 29.1 Å². The third kappa shape index (κ3) is 6.10. The van der Waals surface area contributed by atoms with Crippen LogP contribution in [0.4, 0.5) is 10.8 Å². The van der Waals surface area contributed by atoms with Gasteiger partial charge >= 0.3 is 0 Å². The van der Waals surface area contributed by atoms with E-state index < -0.39 is 12.1 Å². The number of carbonyl (C=O) groups excluding carboxylic acids is 2. The number of benzene rings is 1. The molecule has 0 fully saturated rings. The Morgan fingerprint density at radius 3 is 2.50 bits per heavy atom. The summed E-state index contributed by atoms with van der Waals surface area (Å²) in [5, 5.41) is 9.87. The highest BCUT2D eigenvalue weighted by atomic mass is 32.1. The molecule has 0 saturated heterocycles. The van der Waals surface area contributed by atoms with Crippen molar-refractivity contribution in [2.24, 2.45) is 5.92 Å². The van der Waals surface area contributed by atoms with Crippen LogP contribution in [-0.4, -0.2) is 44.2 Å². The summed E-state index contributed by atoms with van der Waals surface area (Å²) < 4.78 is 17.2. The fourth-order valence-corrected chi connectivity index (χ4v) is 7.18. The fourth-order valence-electron chi connectivity index (χ4n) is 6.12. The molecule has 3 aromatic rings. The van der Waals surface area contributed by atoms with Crippen LogP contribution < -0.4 is 35.6 Å². The molecule has 0 spiro atoms. The molecule has 2 aromatic carbocycles. The summed E-state index contributed by atoms with van der Waals surface area (Å²) in [4.78, 5) is 45.6. The Kier molecular flexibility index (Phi) is 9.43. The number of hydrogen-bond acceptors (Lipinski definition) is 9. The Morgan fingerprint density at radius 2 is 1.84 bits per heavy atom. The van der Waals surface area contributed by atoms with E-state index >= 15 is 0 Å². The van der Waals surface area contributed by atoms with Crippen molar-refractivity contribution < 1.29 is 23.8 Å². The average molecular weight is 621 g/mol. The smallest absolute Gasteiger partial charge is 0.248 e. The van der Waals surface area contributed by atoms with Gasteiger partial charge in [-0.25, -0.2) is 4.98 Å². The number of amides is 2. The van der Waals surface area contributed by atoms with E-state index in [0.717, 1.165) is 48.1 Å². The summed E-state index contributed by atoms with van der Waals surface area (Å²) >= 11 is 1.52. The first-order chi connectivity index (χ1) is 21.2. The van der Waals surface area contributed by atoms with E-state index in [-0.39, 0.29) is 28.8 Å². The molecule has 0 radical (unpaired) electrons. The van der Waals surface area contributed by atoms with Crippen LogP contribution in [0.2, 0.25) is 0 Å². The van der Waals surface area contributed by atoms with Gasteiger partial charge in [-0.05, 0) is 72.9 Å². The summed E-state index contributed by atoms with van der Waals surface area (Å²) in [7, 11) is 4.68. The monoisotopic (exact) mass is 620 g/mol. The SMILES string of the molecule is CCC(C)C(Nc1ccc2c(cc1=O)C(NC(C)=O)CCc1cc(OC)c(OC)c(OC)c1-2)C(=O)Nc1nc2c(s1)CCC2. The zero-order chi connectivity index (χ0) is 31.5. The first kappa shape index (κ1) is 31.3. The Balaban J connectivity index is 1.59. The van der Waals surface area contributed by atoms with Crippen molar-refractivity contribution in [3.05, 3.63) is 56.2 Å². The minimum absolute atomic E-state index is 0.0748. The second-order valence-corrected chi connectivity index (χ2v) is 12.4. The predicted octanol–water partition coefficient (Wildman–Crippen LogP) is 5.27. The van der Waals surface area contributed by atoms with Crippen molar-refractivity contribution >= 4 is 34.0 Å². The highest BCUT2D eigenvalue weighted by Crippen LogP contribution is 2.50. The van der Waals surface area contributed by atoms with Crippen LogP contribution in [0, 0.1) is 5.92 Å². The van der Waals surface area contributed by atoms with Gasteiger partial charge in [0.2, 0.25) is 23.0 Å². The summed E-state index contributed by atoms with van der Waals surface area (Å²) in [5.74, 6) is 0.933. The number of aryl methyl sites for hydroxylation is 3. The van der Waals surface area contributed by atoms with Gasteiger partial charge in [0.25, 0.3) is 0 Å². The van der Waals surface area contributed by atoms with Crippen molar-refractivity contribution in [3.8, 4) is 28.4 Å². The first-order valence-corrected chi connectivity index (χ1v) is 15.8. The molecule has 0 saturated carbocycles. The molecule has 2 aliphatic carbocycles. The number of anilines is 2. The topological polar surface area (TPSA) is 128 Å². The highest BCUT2D eigenvalue weighted by Gasteiger charge is 2.31. The lowest BCUT2D eigenvalue weighted by Crippen LogP contribution is -2.40. The van der Waals surface area contributed by atoms with E-state index in [9.17, 15) is 14.4 Å². The quantitative estimate of drug-likeness (QED) is 0.280. The van der Waals surface area contributed by atoms with Gasteiger partial charge in [0.15, 0.2) is 16.6 Å². The number of nitrogens with zero attached hydrogens (tertiary/aromatic N) is 1. The first-order valence-electron chi connectivity index (χ1n) is 15.0. The van der Waals surface area contributed by atoms with Crippen molar-refractivity contribution in [2.45, 2.75) is 71.4 Å². The number of hydrogen-bond donors (Lipinski definition) is 3. The maximum Gasteiger partial charge on any atom is 0.248 e. The van der Waals surface area contributed by atoms with Crippen LogP contribution in [-0.2, 0) is 28.9 Å². The van der Waals surface area contributed by atoms with Gasteiger partial charge < -0.3 is 30.2 Å². The zero-order valence-electron chi connectivity index (χ0n) is 26.1. The minimum atomic E-state index is -0.675. The molecule has 0 aliphatic heterocycles. The van der Waals surface area contributed by atoms with Gasteiger partial charge in [-0.2, -0.15) is 0 Å². The lowest BCUT2D eigenvalue weighted by Gasteiger charge is -2.23.